The average molecular weight is 552 g/mol. The summed E-state index contributed by atoms with van der Waals surface area (Å²) >= 11 is 0. The first kappa shape index (κ1) is 34.2. The van der Waals surface area contributed by atoms with Gasteiger partial charge in [-0.05, 0) is 43.2 Å². The number of carbonyl (C=O) groups excluding carboxylic acids is 3. The largest absolute Gasteiger partial charge is 0.493 e. The van der Waals surface area contributed by atoms with E-state index in [1.807, 2.05) is 13.8 Å². The lowest BCUT2D eigenvalue weighted by Gasteiger charge is -2.30. The van der Waals surface area contributed by atoms with Gasteiger partial charge in [-0.2, -0.15) is 0 Å². The second kappa shape index (κ2) is 19.2. The summed E-state index contributed by atoms with van der Waals surface area (Å²) in [5.74, 6) is 0.117. The van der Waals surface area contributed by atoms with Crippen LogP contribution in [0, 0.1) is 17.8 Å². The number of amides is 3. The molecule has 222 valence electrons. The number of hydrogen-bond donors (Lipinski definition) is 4. The maximum absolute atomic E-state index is 13.2. The number of nitrogens with one attached hydrogen (secondary N) is 3. The minimum atomic E-state index is -0.912. The summed E-state index contributed by atoms with van der Waals surface area (Å²) in [7, 11) is 3.14. The molecular formula is C29H49N3O7. The lowest BCUT2D eigenvalue weighted by Crippen LogP contribution is -2.45. The molecule has 3 amide bonds. The second-order valence-corrected chi connectivity index (χ2v) is 10.2. The van der Waals surface area contributed by atoms with Crippen LogP contribution in [0.2, 0.25) is 0 Å². The highest BCUT2D eigenvalue weighted by Crippen LogP contribution is 2.31. The Morgan fingerprint density at radius 1 is 1.05 bits per heavy atom. The standard InChI is InChI=1S/C29H49N3O7/c1-7-8-13-30-28(35)21(4)16-25(34)24(32-19-33)17-22(20(2)3)18-31-29(36)23-11-9-12-26(38-6)27(23)39-15-10-14-37-5/h9,11-12,19-22,24-25,34H,7-8,10,13-18H2,1-6H3,(H,30,35)(H,31,36)(H,32,33). The molecule has 1 aromatic carbocycles. The summed E-state index contributed by atoms with van der Waals surface area (Å²) in [4.78, 5) is 36.9. The van der Waals surface area contributed by atoms with Gasteiger partial charge in [0.15, 0.2) is 11.5 Å². The monoisotopic (exact) mass is 551 g/mol. The summed E-state index contributed by atoms with van der Waals surface area (Å²) in [6.07, 6.45) is 2.85. The van der Waals surface area contributed by atoms with Crippen LogP contribution in [0.4, 0.5) is 0 Å². The summed E-state index contributed by atoms with van der Waals surface area (Å²) in [5, 5.41) is 19.5. The molecule has 0 fully saturated rings. The van der Waals surface area contributed by atoms with E-state index in [9.17, 15) is 19.5 Å². The highest BCUT2D eigenvalue weighted by molar-refractivity contribution is 5.97. The molecule has 0 aliphatic carbocycles. The number of aliphatic hydroxyl groups is 1. The Labute approximate surface area is 233 Å². The zero-order valence-corrected chi connectivity index (χ0v) is 24.5. The minimum absolute atomic E-state index is 0.0496. The van der Waals surface area contributed by atoms with E-state index >= 15 is 0 Å². The van der Waals surface area contributed by atoms with Gasteiger partial charge in [0, 0.05) is 39.1 Å². The number of aliphatic hydroxyl groups excluding tert-OH is 1. The van der Waals surface area contributed by atoms with Crippen LogP contribution < -0.4 is 25.4 Å². The van der Waals surface area contributed by atoms with Crippen LogP contribution in [0.15, 0.2) is 18.2 Å². The first-order valence-corrected chi connectivity index (χ1v) is 13.9. The Hall–Kier alpha value is -2.85. The summed E-state index contributed by atoms with van der Waals surface area (Å²) in [5.41, 5.74) is 0.361. The molecule has 0 saturated heterocycles. The highest BCUT2D eigenvalue weighted by Gasteiger charge is 2.28. The molecule has 39 heavy (non-hydrogen) atoms. The molecule has 0 aromatic heterocycles. The number of carbonyl (C=O) groups is 3. The van der Waals surface area contributed by atoms with E-state index in [0.717, 1.165) is 12.8 Å². The van der Waals surface area contributed by atoms with Crippen molar-refractivity contribution in [3.63, 3.8) is 0 Å². The van der Waals surface area contributed by atoms with Gasteiger partial charge in [0.05, 0.1) is 31.4 Å². The number of hydrogen-bond acceptors (Lipinski definition) is 7. The fourth-order valence-electron chi connectivity index (χ4n) is 4.24. The predicted octanol–water partition coefficient (Wildman–Crippen LogP) is 2.92. The summed E-state index contributed by atoms with van der Waals surface area (Å²) in [6, 6.07) is 4.59. The normalized spacial score (nSPS) is 14.2. The molecule has 4 atom stereocenters. The van der Waals surface area contributed by atoms with Gasteiger partial charge in [0.2, 0.25) is 12.3 Å². The Morgan fingerprint density at radius 3 is 2.41 bits per heavy atom. The summed E-state index contributed by atoms with van der Waals surface area (Å²) in [6.45, 7) is 9.72. The van der Waals surface area contributed by atoms with Crippen molar-refractivity contribution in [3.05, 3.63) is 23.8 Å². The van der Waals surface area contributed by atoms with E-state index in [2.05, 4.69) is 22.9 Å². The SMILES string of the molecule is CCCCNC(=O)C(C)CC(O)C(CC(CNC(=O)c1cccc(OC)c1OCCCOC)C(C)C)NC=O. The van der Waals surface area contributed by atoms with Crippen LogP contribution in [-0.4, -0.2) is 76.0 Å². The number of rotatable bonds is 21. The van der Waals surface area contributed by atoms with Crippen LogP contribution >= 0.6 is 0 Å². The van der Waals surface area contributed by atoms with E-state index < -0.39 is 18.1 Å². The zero-order chi connectivity index (χ0) is 29.2. The van der Waals surface area contributed by atoms with E-state index in [4.69, 9.17) is 14.2 Å². The molecule has 10 heteroatoms. The van der Waals surface area contributed by atoms with Crippen molar-refractivity contribution in [1.29, 1.82) is 0 Å². The fraction of sp³-hybridized carbons (Fsp3) is 0.690. The molecule has 0 heterocycles. The van der Waals surface area contributed by atoms with Crippen LogP contribution in [0.3, 0.4) is 0 Å². The molecule has 0 aliphatic rings. The molecule has 0 bridgehead atoms. The summed E-state index contributed by atoms with van der Waals surface area (Å²) < 4.78 is 16.3. The van der Waals surface area contributed by atoms with Crippen molar-refractivity contribution < 1.29 is 33.7 Å². The second-order valence-electron chi connectivity index (χ2n) is 10.2. The number of benzene rings is 1. The average Bonchev–Trinajstić information content (AvgIpc) is 2.92. The molecule has 0 spiro atoms. The fourth-order valence-corrected chi connectivity index (χ4v) is 4.24. The predicted molar refractivity (Wildman–Crippen MR) is 151 cm³/mol. The molecule has 10 nitrogen and oxygen atoms in total. The molecule has 0 aliphatic heterocycles. The Bertz CT molecular complexity index is 865. The van der Waals surface area contributed by atoms with E-state index in [0.29, 0.717) is 62.6 Å². The number of ether oxygens (including phenoxy) is 3. The van der Waals surface area contributed by atoms with Crippen LogP contribution in [0.25, 0.3) is 0 Å². The number of unbranched alkanes of at least 4 members (excludes halogenated alkanes) is 1. The lowest BCUT2D eigenvalue weighted by atomic mass is 9.85. The highest BCUT2D eigenvalue weighted by atomic mass is 16.5. The lowest BCUT2D eigenvalue weighted by molar-refractivity contribution is -0.125. The van der Waals surface area contributed by atoms with E-state index in [-0.39, 0.29) is 30.1 Å². The third-order valence-corrected chi connectivity index (χ3v) is 6.83. The number of methoxy groups -OCH3 is 2. The quantitative estimate of drug-likeness (QED) is 0.136. The van der Waals surface area contributed by atoms with Crippen molar-refractivity contribution >= 4 is 18.2 Å². The maximum atomic E-state index is 13.2. The van der Waals surface area contributed by atoms with E-state index in [1.54, 1.807) is 32.2 Å². The van der Waals surface area contributed by atoms with Crippen LogP contribution in [-0.2, 0) is 14.3 Å². The molecule has 0 radical (unpaired) electrons. The maximum Gasteiger partial charge on any atom is 0.255 e. The van der Waals surface area contributed by atoms with Crippen molar-refractivity contribution in [2.45, 2.75) is 71.9 Å². The van der Waals surface area contributed by atoms with Crippen molar-refractivity contribution in [2.24, 2.45) is 17.8 Å². The smallest absolute Gasteiger partial charge is 0.255 e. The molecular weight excluding hydrogens is 502 g/mol. The van der Waals surface area contributed by atoms with Gasteiger partial charge in [-0.3, -0.25) is 14.4 Å². The van der Waals surface area contributed by atoms with Crippen LogP contribution in [0.1, 0.15) is 70.2 Å². The molecule has 4 N–H and O–H groups in total. The number of para-hydroxylation sites is 1. The topological polar surface area (TPSA) is 135 Å². The zero-order valence-electron chi connectivity index (χ0n) is 24.5. The molecule has 0 saturated carbocycles. The Kier molecular flexibility index (Phi) is 16.9. The van der Waals surface area contributed by atoms with Crippen LogP contribution in [0.5, 0.6) is 11.5 Å². The first-order chi connectivity index (χ1) is 18.7. The van der Waals surface area contributed by atoms with Gasteiger partial charge >= 0.3 is 0 Å². The van der Waals surface area contributed by atoms with Gasteiger partial charge in [0.1, 0.15) is 0 Å². The minimum Gasteiger partial charge on any atom is -0.493 e. The van der Waals surface area contributed by atoms with Gasteiger partial charge < -0.3 is 35.3 Å². The van der Waals surface area contributed by atoms with E-state index in [1.165, 1.54) is 7.11 Å². The third-order valence-electron chi connectivity index (χ3n) is 6.83. The van der Waals surface area contributed by atoms with Gasteiger partial charge in [0.25, 0.3) is 5.91 Å². The van der Waals surface area contributed by atoms with Crippen molar-refractivity contribution in [3.8, 4) is 11.5 Å². The first-order valence-electron chi connectivity index (χ1n) is 13.9. The van der Waals surface area contributed by atoms with Gasteiger partial charge in [-0.15, -0.1) is 0 Å². The Balaban J connectivity index is 2.88. The third kappa shape index (κ3) is 12.3. The van der Waals surface area contributed by atoms with Crippen molar-refractivity contribution in [1.82, 2.24) is 16.0 Å². The van der Waals surface area contributed by atoms with Gasteiger partial charge in [-0.25, -0.2) is 0 Å². The van der Waals surface area contributed by atoms with Crippen molar-refractivity contribution in [2.75, 3.05) is 40.5 Å². The Morgan fingerprint density at radius 2 is 1.79 bits per heavy atom. The molecule has 4 unspecified atom stereocenters. The van der Waals surface area contributed by atoms with Gasteiger partial charge in [-0.1, -0.05) is 40.2 Å². The molecule has 1 rings (SSSR count). The molecule has 1 aromatic rings.